The second-order valence-corrected chi connectivity index (χ2v) is 13.9. The number of ether oxygens (including phenoxy) is 3. The summed E-state index contributed by atoms with van der Waals surface area (Å²) in [6.07, 6.45) is -3.00. The maximum Gasteiger partial charge on any atom is 0.285 e. The number of ketones is 1. The number of nitrogen functional groups attached to an aromatic ring is 1. The van der Waals surface area contributed by atoms with Gasteiger partial charge < -0.3 is 19.9 Å². The number of anilines is 1. The van der Waals surface area contributed by atoms with Gasteiger partial charge in [-0.15, -0.1) is 5.06 Å². The van der Waals surface area contributed by atoms with Gasteiger partial charge in [-0.2, -0.15) is 4.98 Å². The van der Waals surface area contributed by atoms with Crippen LogP contribution in [0.2, 0.25) is 0 Å². The van der Waals surface area contributed by atoms with Gasteiger partial charge in [0.1, 0.15) is 29.8 Å². The molecule has 8 rings (SSSR count). The number of imide groups is 1. The van der Waals surface area contributed by atoms with E-state index < -0.39 is 47.3 Å². The molecule has 0 aliphatic carbocycles. The van der Waals surface area contributed by atoms with Crippen LogP contribution in [-0.2, 0) is 19.9 Å². The lowest BCUT2D eigenvalue weighted by Crippen LogP contribution is -2.42. The number of hydrogen-bond acceptors (Lipinski definition) is 11. The van der Waals surface area contributed by atoms with Gasteiger partial charge in [0.15, 0.2) is 17.0 Å². The number of benzene rings is 4. The van der Waals surface area contributed by atoms with Gasteiger partial charge in [0.25, 0.3) is 17.4 Å². The van der Waals surface area contributed by atoms with Crippen LogP contribution in [0.1, 0.15) is 74.5 Å². The molecule has 1 saturated heterocycles. The lowest BCUT2D eigenvalue weighted by molar-refractivity contribution is -0.165. The fourth-order valence-corrected chi connectivity index (χ4v) is 7.35. The van der Waals surface area contributed by atoms with Gasteiger partial charge in [0.05, 0.1) is 24.8 Å². The molecule has 0 radical (unpaired) electrons. The number of imidazole rings is 1. The molecule has 56 heavy (non-hydrogen) atoms. The number of Topliss-reactive ketones (excluding diaryl/α,β-unsaturated/α-hetero) is 1. The smallest absolute Gasteiger partial charge is 0.285 e. The van der Waals surface area contributed by atoms with E-state index in [-0.39, 0.29) is 52.9 Å². The number of aromatic nitrogens is 4. The van der Waals surface area contributed by atoms with Crippen molar-refractivity contribution in [1.29, 1.82) is 0 Å². The minimum absolute atomic E-state index is 0.00807. The number of hydrogen-bond donors (Lipinski definition) is 2. The second-order valence-electron chi connectivity index (χ2n) is 13.9. The quantitative estimate of drug-likeness (QED) is 0.0923. The van der Waals surface area contributed by atoms with Crippen molar-refractivity contribution in [3.63, 3.8) is 0 Å². The Labute approximate surface area is 320 Å². The number of carbonyl (C=O) groups is 3. The number of aromatic amines is 1. The maximum absolute atomic E-state index is 13.6. The molecule has 14 nitrogen and oxygen atoms in total. The molecule has 14 heteroatoms. The molecule has 0 bridgehead atoms. The molecule has 2 aliphatic rings. The highest BCUT2D eigenvalue weighted by Gasteiger charge is 2.47. The molecular weight excluding hydrogens is 716 g/mol. The summed E-state index contributed by atoms with van der Waals surface area (Å²) in [7, 11) is 1.60. The number of hydroxylamine groups is 2. The number of methoxy groups -OCH3 is 1. The Morgan fingerprint density at radius 1 is 0.857 bits per heavy atom. The third-order valence-corrected chi connectivity index (χ3v) is 10.1. The monoisotopic (exact) mass is 754 g/mol. The Morgan fingerprint density at radius 2 is 1.43 bits per heavy atom. The zero-order valence-electron chi connectivity index (χ0n) is 30.7. The van der Waals surface area contributed by atoms with E-state index in [0.717, 1.165) is 21.8 Å². The van der Waals surface area contributed by atoms with E-state index in [1.807, 2.05) is 84.9 Å². The van der Waals surface area contributed by atoms with Crippen LogP contribution in [0.3, 0.4) is 0 Å². The van der Waals surface area contributed by atoms with Crippen molar-refractivity contribution in [2.24, 2.45) is 5.92 Å². The summed E-state index contributed by atoms with van der Waals surface area (Å²) in [5, 5.41) is 0.742. The standard InChI is InChI=1S/C42H38N6O8/c1-24(2)35(49)37-44-34-36(45-41(43)46-38(34)50)47(37)33-22-31(56-48-39(51)29-16-10-11-17-30(29)40(48)52)32(55-33)23-54-42(25-12-6-4-7-13-25,26-14-8-5-9-15-26)27-18-20-28(53-3)21-19-27/h4-21,24,31-33H,22-23H2,1-3H3,(H3,43,45,46,50)/t31-,32+,33-/m0/s1. The molecule has 3 atom stereocenters. The topological polar surface area (TPSA) is 181 Å². The number of H-pyrrole nitrogens is 1. The summed E-state index contributed by atoms with van der Waals surface area (Å²) in [5.41, 5.74) is 6.90. The molecule has 4 aromatic carbocycles. The molecule has 2 aromatic heterocycles. The molecule has 0 unspecified atom stereocenters. The minimum atomic E-state index is -1.21. The molecule has 3 N–H and O–H groups in total. The summed E-state index contributed by atoms with van der Waals surface area (Å²) in [6, 6.07) is 33.4. The first-order valence-electron chi connectivity index (χ1n) is 18.1. The van der Waals surface area contributed by atoms with E-state index in [4.69, 9.17) is 24.8 Å². The number of amides is 2. The maximum atomic E-state index is 13.6. The highest BCUT2D eigenvalue weighted by atomic mass is 16.7. The molecule has 1 fully saturated rings. The number of fused-ring (bicyclic) bond motifs is 2. The van der Waals surface area contributed by atoms with Gasteiger partial charge in [-0.05, 0) is 41.0 Å². The van der Waals surface area contributed by atoms with Crippen molar-refractivity contribution in [3.8, 4) is 5.75 Å². The fraction of sp³-hybridized carbons (Fsp3) is 0.238. The second kappa shape index (κ2) is 14.6. The van der Waals surface area contributed by atoms with Gasteiger partial charge in [0.2, 0.25) is 11.7 Å². The normalized spacial score (nSPS) is 18.2. The van der Waals surface area contributed by atoms with Gasteiger partial charge in [-0.25, -0.2) is 4.98 Å². The van der Waals surface area contributed by atoms with Crippen LogP contribution in [0, 0.1) is 5.92 Å². The molecule has 284 valence electrons. The van der Waals surface area contributed by atoms with Gasteiger partial charge >= 0.3 is 0 Å². The number of nitrogens with zero attached hydrogens (tertiary/aromatic N) is 4. The van der Waals surface area contributed by atoms with Crippen molar-refractivity contribution in [2.45, 2.75) is 44.3 Å². The van der Waals surface area contributed by atoms with Crippen LogP contribution >= 0.6 is 0 Å². The Hall–Kier alpha value is -6.48. The number of rotatable bonds is 12. The highest BCUT2D eigenvalue weighted by Crippen LogP contribution is 2.43. The SMILES string of the molecule is COc1ccc(C(OC[C@H]2O[C@H](n3c(C(=O)C(C)C)nc4c(=O)[nH]c(N)nc43)C[C@@H]2ON2C(=O)c3ccccc3C2=O)(c2ccccc2)c2ccccc2)cc1. The number of carbonyl (C=O) groups excluding carboxylic acids is 3. The zero-order chi connectivity index (χ0) is 39.1. The average molecular weight is 755 g/mol. The lowest BCUT2D eigenvalue weighted by Gasteiger charge is -2.37. The highest BCUT2D eigenvalue weighted by molar-refractivity contribution is 6.20. The van der Waals surface area contributed by atoms with E-state index in [2.05, 4.69) is 15.0 Å². The van der Waals surface area contributed by atoms with E-state index in [1.165, 1.54) is 4.57 Å². The fourth-order valence-electron chi connectivity index (χ4n) is 7.35. The lowest BCUT2D eigenvalue weighted by atomic mass is 9.80. The zero-order valence-corrected chi connectivity index (χ0v) is 30.7. The third-order valence-electron chi connectivity index (χ3n) is 10.1. The molecular formula is C42H38N6O8. The van der Waals surface area contributed by atoms with E-state index in [0.29, 0.717) is 5.75 Å². The number of nitrogens with two attached hydrogens (primary N) is 1. The summed E-state index contributed by atoms with van der Waals surface area (Å²) in [5.74, 6) is -1.71. The molecule has 4 heterocycles. The van der Waals surface area contributed by atoms with Crippen molar-refractivity contribution < 1.29 is 33.4 Å². The van der Waals surface area contributed by atoms with Crippen molar-refractivity contribution >= 4 is 34.7 Å². The predicted octanol–water partition coefficient (Wildman–Crippen LogP) is 5.44. The van der Waals surface area contributed by atoms with Crippen molar-refractivity contribution in [3.05, 3.63) is 153 Å². The van der Waals surface area contributed by atoms with Crippen molar-refractivity contribution in [2.75, 3.05) is 19.5 Å². The molecule has 2 amide bonds. The van der Waals surface area contributed by atoms with E-state index >= 15 is 0 Å². The summed E-state index contributed by atoms with van der Waals surface area (Å²) in [4.78, 5) is 71.4. The summed E-state index contributed by atoms with van der Waals surface area (Å²) < 4.78 is 20.8. The minimum Gasteiger partial charge on any atom is -0.497 e. The predicted molar refractivity (Wildman–Crippen MR) is 204 cm³/mol. The van der Waals surface area contributed by atoms with Crippen LogP contribution < -0.4 is 16.0 Å². The van der Waals surface area contributed by atoms with Crippen LogP contribution in [0.25, 0.3) is 11.2 Å². The Morgan fingerprint density at radius 3 is 2.00 bits per heavy atom. The summed E-state index contributed by atoms with van der Waals surface area (Å²) >= 11 is 0. The van der Waals surface area contributed by atoms with Gasteiger partial charge in [-0.1, -0.05) is 98.8 Å². The van der Waals surface area contributed by atoms with E-state index in [1.54, 1.807) is 45.2 Å². The Kier molecular flexibility index (Phi) is 9.54. The van der Waals surface area contributed by atoms with Gasteiger partial charge in [-0.3, -0.25) is 33.6 Å². The molecule has 0 spiro atoms. The number of nitrogens with one attached hydrogen (secondary N) is 1. The summed E-state index contributed by atoms with van der Waals surface area (Å²) in [6.45, 7) is 3.28. The first-order valence-corrected chi connectivity index (χ1v) is 18.1. The average Bonchev–Trinajstić information content (AvgIpc) is 3.87. The van der Waals surface area contributed by atoms with Gasteiger partial charge in [0, 0.05) is 12.3 Å². The third kappa shape index (κ3) is 6.23. The first-order chi connectivity index (χ1) is 27.1. The largest absolute Gasteiger partial charge is 0.497 e. The van der Waals surface area contributed by atoms with Crippen molar-refractivity contribution in [1.82, 2.24) is 24.6 Å². The Bertz CT molecular complexity index is 2430. The van der Waals surface area contributed by atoms with E-state index in [9.17, 15) is 19.2 Å². The van der Waals surface area contributed by atoms with Crippen LogP contribution in [-0.4, -0.2) is 68.1 Å². The Balaban J connectivity index is 1.24. The van der Waals surface area contributed by atoms with Crippen LogP contribution in [0.15, 0.2) is 114 Å². The molecule has 6 aromatic rings. The molecule has 2 aliphatic heterocycles. The van der Waals surface area contributed by atoms with Crippen LogP contribution in [0.4, 0.5) is 5.95 Å². The first kappa shape index (κ1) is 36.5. The molecule has 0 saturated carbocycles. The van der Waals surface area contributed by atoms with Crippen LogP contribution in [0.5, 0.6) is 5.75 Å².